The summed E-state index contributed by atoms with van der Waals surface area (Å²) in [4.78, 5) is 24.1. The summed E-state index contributed by atoms with van der Waals surface area (Å²) in [6.07, 6.45) is 17.5. The van der Waals surface area contributed by atoms with Gasteiger partial charge in [-0.2, -0.15) is 0 Å². The molecule has 4 nitrogen and oxygen atoms in total. The summed E-state index contributed by atoms with van der Waals surface area (Å²) >= 11 is 0. The first-order chi connectivity index (χ1) is 13.3. The van der Waals surface area contributed by atoms with Gasteiger partial charge >= 0.3 is 6.09 Å². The summed E-state index contributed by atoms with van der Waals surface area (Å²) in [5, 5.41) is 2.71. The molecule has 28 heavy (non-hydrogen) atoms. The molecule has 0 aromatic rings. The third kappa shape index (κ3) is 17.1. The molecule has 0 fully saturated rings. The van der Waals surface area contributed by atoms with Gasteiger partial charge in [0.2, 0.25) is 0 Å². The van der Waals surface area contributed by atoms with Crippen molar-refractivity contribution in [2.75, 3.05) is 0 Å². The first-order valence-electron chi connectivity index (χ1n) is 11.8. The van der Waals surface area contributed by atoms with E-state index in [1.165, 1.54) is 70.6 Å². The van der Waals surface area contributed by atoms with Crippen LogP contribution in [-0.2, 0) is 9.53 Å². The van der Waals surface area contributed by atoms with Crippen LogP contribution >= 0.6 is 0 Å². The van der Waals surface area contributed by atoms with Crippen molar-refractivity contribution < 1.29 is 14.3 Å². The smallest absolute Gasteiger partial charge is 0.408 e. The van der Waals surface area contributed by atoms with E-state index in [4.69, 9.17) is 4.74 Å². The Bertz CT molecular complexity index is 401. The highest BCUT2D eigenvalue weighted by Crippen LogP contribution is 2.14. The first kappa shape index (κ1) is 26.9. The third-order valence-corrected chi connectivity index (χ3v) is 5.01. The minimum absolute atomic E-state index is 0.122. The van der Waals surface area contributed by atoms with Crippen molar-refractivity contribution in [1.29, 1.82) is 0 Å². The third-order valence-electron chi connectivity index (χ3n) is 5.01. The highest BCUT2D eigenvalue weighted by atomic mass is 16.6. The number of carbonyl (C=O) groups excluding carboxylic acids is 2. The average molecular weight is 398 g/mol. The lowest BCUT2D eigenvalue weighted by molar-refractivity contribution is -0.121. The molecule has 0 aliphatic carbocycles. The van der Waals surface area contributed by atoms with Gasteiger partial charge in [-0.3, -0.25) is 4.79 Å². The number of carbonyl (C=O) groups is 2. The van der Waals surface area contributed by atoms with Gasteiger partial charge in [0.1, 0.15) is 5.60 Å². The number of hydrogen-bond acceptors (Lipinski definition) is 3. The van der Waals surface area contributed by atoms with Gasteiger partial charge in [-0.1, -0.05) is 90.9 Å². The van der Waals surface area contributed by atoms with Crippen molar-refractivity contribution in [3.63, 3.8) is 0 Å². The van der Waals surface area contributed by atoms with E-state index in [9.17, 15) is 9.59 Å². The van der Waals surface area contributed by atoms with Crippen LogP contribution in [0.15, 0.2) is 0 Å². The number of rotatable bonds is 17. The number of unbranched alkanes of at least 4 members (excludes halogenated alkanes) is 12. The Hall–Kier alpha value is -1.06. The Morgan fingerprint density at radius 2 is 1.18 bits per heavy atom. The zero-order valence-corrected chi connectivity index (χ0v) is 19.4. The van der Waals surface area contributed by atoms with Gasteiger partial charge in [0.05, 0.1) is 6.04 Å². The number of hydrogen-bond donors (Lipinski definition) is 1. The molecule has 166 valence electrons. The van der Waals surface area contributed by atoms with Crippen molar-refractivity contribution in [2.45, 2.75) is 143 Å². The van der Waals surface area contributed by atoms with Crippen LogP contribution in [-0.4, -0.2) is 23.5 Å². The van der Waals surface area contributed by atoms with E-state index in [1.807, 2.05) is 27.7 Å². The molecule has 1 amide bonds. The zero-order valence-electron chi connectivity index (χ0n) is 19.4. The van der Waals surface area contributed by atoms with E-state index in [0.717, 1.165) is 12.8 Å². The Morgan fingerprint density at radius 1 is 0.750 bits per heavy atom. The summed E-state index contributed by atoms with van der Waals surface area (Å²) < 4.78 is 5.24. The molecule has 4 heteroatoms. The van der Waals surface area contributed by atoms with Crippen LogP contribution in [0, 0.1) is 0 Å². The van der Waals surface area contributed by atoms with E-state index >= 15 is 0 Å². The molecule has 0 radical (unpaired) electrons. The number of ether oxygens (including phenoxy) is 1. The van der Waals surface area contributed by atoms with Gasteiger partial charge in [0.15, 0.2) is 5.78 Å². The fourth-order valence-electron chi connectivity index (χ4n) is 3.35. The summed E-state index contributed by atoms with van der Waals surface area (Å²) in [7, 11) is 0. The van der Waals surface area contributed by atoms with Gasteiger partial charge in [0.25, 0.3) is 0 Å². The molecule has 0 heterocycles. The van der Waals surface area contributed by atoms with Crippen LogP contribution in [0.1, 0.15) is 131 Å². The van der Waals surface area contributed by atoms with E-state index < -0.39 is 17.7 Å². The van der Waals surface area contributed by atoms with Crippen LogP contribution < -0.4 is 5.32 Å². The predicted molar refractivity (Wildman–Crippen MR) is 119 cm³/mol. The minimum atomic E-state index is -0.541. The topological polar surface area (TPSA) is 55.4 Å². The summed E-state index contributed by atoms with van der Waals surface area (Å²) in [5.74, 6) is 0.122. The molecule has 0 rings (SSSR count). The number of nitrogens with one attached hydrogen (secondary N) is 1. The molecule has 0 aliphatic heterocycles. The Kier molecular flexibility index (Phi) is 16.2. The van der Waals surface area contributed by atoms with Gasteiger partial charge in [-0.05, 0) is 33.6 Å². The molecule has 0 aromatic carbocycles. The number of amides is 1. The maximum absolute atomic E-state index is 12.3. The van der Waals surface area contributed by atoms with Crippen molar-refractivity contribution in [3.8, 4) is 0 Å². The summed E-state index contributed by atoms with van der Waals surface area (Å²) in [5.41, 5.74) is -0.541. The fourth-order valence-corrected chi connectivity index (χ4v) is 3.35. The molecule has 0 saturated carbocycles. The SMILES string of the molecule is CCCCCCCCCCCCCCCC(=O)[C@H](CC)NC(=O)OC(C)(C)C. The van der Waals surface area contributed by atoms with Crippen LogP contribution in [0.3, 0.4) is 0 Å². The predicted octanol–water partition coefficient (Wildman–Crippen LogP) is 7.34. The van der Waals surface area contributed by atoms with Crippen molar-refractivity contribution >= 4 is 11.9 Å². The number of alkyl carbamates (subject to hydrolysis) is 1. The second-order valence-electron chi connectivity index (χ2n) is 9.07. The summed E-state index contributed by atoms with van der Waals surface area (Å²) in [6, 6.07) is -0.424. The molecule has 0 unspecified atom stereocenters. The standard InChI is InChI=1S/C24H47NO3/c1-6-8-9-10-11-12-13-14-15-16-17-18-19-20-22(26)21(7-2)25-23(27)28-24(3,4)5/h21H,6-20H2,1-5H3,(H,25,27)/t21-/m0/s1. The maximum atomic E-state index is 12.3. The van der Waals surface area contributed by atoms with E-state index in [1.54, 1.807) is 0 Å². The van der Waals surface area contributed by atoms with E-state index in [0.29, 0.717) is 12.8 Å². The Balaban J connectivity index is 3.63. The lowest BCUT2D eigenvalue weighted by Gasteiger charge is -2.22. The van der Waals surface area contributed by atoms with Gasteiger partial charge in [-0.25, -0.2) is 4.79 Å². The lowest BCUT2D eigenvalue weighted by Crippen LogP contribution is -2.43. The van der Waals surface area contributed by atoms with Crippen LogP contribution in [0.4, 0.5) is 4.79 Å². The first-order valence-corrected chi connectivity index (χ1v) is 11.8. The van der Waals surface area contributed by atoms with E-state index in [-0.39, 0.29) is 5.78 Å². The largest absolute Gasteiger partial charge is 0.444 e. The fraction of sp³-hybridized carbons (Fsp3) is 0.917. The zero-order chi connectivity index (χ0) is 21.3. The van der Waals surface area contributed by atoms with Crippen molar-refractivity contribution in [2.24, 2.45) is 0 Å². The molecule has 1 atom stereocenters. The van der Waals surface area contributed by atoms with E-state index in [2.05, 4.69) is 12.2 Å². The molecule has 0 aliphatic rings. The monoisotopic (exact) mass is 397 g/mol. The molecule has 0 spiro atoms. The second-order valence-corrected chi connectivity index (χ2v) is 9.07. The molecule has 1 N–H and O–H groups in total. The number of Topliss-reactive ketones (excluding diaryl/α,β-unsaturated/α-hetero) is 1. The van der Waals surface area contributed by atoms with Crippen LogP contribution in [0.25, 0.3) is 0 Å². The molecule has 0 aromatic heterocycles. The molecule has 0 saturated heterocycles. The highest BCUT2D eigenvalue weighted by molar-refractivity contribution is 5.87. The highest BCUT2D eigenvalue weighted by Gasteiger charge is 2.22. The average Bonchev–Trinajstić information content (AvgIpc) is 2.61. The van der Waals surface area contributed by atoms with Gasteiger partial charge in [-0.15, -0.1) is 0 Å². The maximum Gasteiger partial charge on any atom is 0.408 e. The second kappa shape index (κ2) is 16.9. The quantitative estimate of drug-likeness (QED) is 0.261. The Morgan fingerprint density at radius 3 is 1.57 bits per heavy atom. The molecular weight excluding hydrogens is 350 g/mol. The van der Waals surface area contributed by atoms with Gasteiger partial charge < -0.3 is 10.1 Å². The summed E-state index contributed by atoms with van der Waals surface area (Å²) in [6.45, 7) is 9.65. The van der Waals surface area contributed by atoms with Crippen LogP contribution in [0.2, 0.25) is 0 Å². The molecular formula is C24H47NO3. The number of ketones is 1. The minimum Gasteiger partial charge on any atom is -0.444 e. The Labute approximate surface area is 174 Å². The van der Waals surface area contributed by atoms with Crippen molar-refractivity contribution in [1.82, 2.24) is 5.32 Å². The normalized spacial score (nSPS) is 12.6. The van der Waals surface area contributed by atoms with Gasteiger partial charge in [0, 0.05) is 6.42 Å². The lowest BCUT2D eigenvalue weighted by atomic mass is 10.0. The van der Waals surface area contributed by atoms with Crippen LogP contribution in [0.5, 0.6) is 0 Å². The van der Waals surface area contributed by atoms with Crippen molar-refractivity contribution in [3.05, 3.63) is 0 Å². The molecule has 0 bridgehead atoms.